The second-order valence-corrected chi connectivity index (χ2v) is 7.13. The van der Waals surface area contributed by atoms with Crippen LogP contribution in [0.3, 0.4) is 0 Å². The normalized spacial score (nSPS) is 11.1. The average molecular weight is 357 g/mol. The van der Waals surface area contributed by atoms with Crippen LogP contribution < -0.4 is 11.0 Å². The maximum absolute atomic E-state index is 12.7. The lowest BCUT2D eigenvalue weighted by Gasteiger charge is -2.06. The predicted octanol–water partition coefficient (Wildman–Crippen LogP) is 3.29. The van der Waals surface area contributed by atoms with Crippen molar-refractivity contribution in [3.05, 3.63) is 56.6 Å². The van der Waals surface area contributed by atoms with Crippen LogP contribution in [-0.4, -0.2) is 15.0 Å². The van der Waals surface area contributed by atoms with E-state index in [9.17, 15) is 9.59 Å². The molecule has 1 N–H and O–H groups in total. The average Bonchev–Trinajstić information content (AvgIpc) is 3.14. The molecule has 2 aromatic heterocycles. The van der Waals surface area contributed by atoms with Crippen molar-refractivity contribution in [2.45, 2.75) is 46.3 Å². The minimum atomic E-state index is -0.0371. The Balaban J connectivity index is 1.70. The summed E-state index contributed by atoms with van der Waals surface area (Å²) in [7, 11) is 0. The molecule has 0 atom stereocenters. The fraction of sp³-hybridized carbons (Fsp3) is 0.368. The van der Waals surface area contributed by atoms with Gasteiger partial charge in [0, 0.05) is 24.4 Å². The molecule has 1 amide bonds. The first-order valence-corrected chi connectivity index (χ1v) is 9.47. The molecule has 0 radical (unpaired) electrons. The molecular weight excluding hydrogens is 334 g/mol. The maximum atomic E-state index is 12.7. The van der Waals surface area contributed by atoms with E-state index in [0.29, 0.717) is 26.1 Å². The fourth-order valence-corrected chi connectivity index (χ4v) is 3.84. The predicted molar refractivity (Wildman–Crippen MR) is 102 cm³/mol. The van der Waals surface area contributed by atoms with E-state index in [-0.39, 0.29) is 11.6 Å². The highest BCUT2D eigenvalue weighted by molar-refractivity contribution is 7.10. The molecule has 5 nitrogen and oxygen atoms in total. The Morgan fingerprint density at radius 1 is 1.12 bits per heavy atom. The molecule has 0 fully saturated rings. The molecule has 6 heteroatoms. The van der Waals surface area contributed by atoms with Crippen LogP contribution in [0, 0.1) is 6.92 Å². The number of amides is 1. The number of para-hydroxylation sites is 2. The van der Waals surface area contributed by atoms with Crippen LogP contribution in [0.4, 0.5) is 0 Å². The van der Waals surface area contributed by atoms with Gasteiger partial charge in [-0.2, -0.15) is 0 Å². The molecular formula is C19H23N3O2S. The molecule has 0 aliphatic heterocycles. The number of rotatable bonds is 7. The van der Waals surface area contributed by atoms with Crippen LogP contribution in [-0.2, 0) is 24.4 Å². The number of imidazole rings is 1. The van der Waals surface area contributed by atoms with Gasteiger partial charge < -0.3 is 5.32 Å². The summed E-state index contributed by atoms with van der Waals surface area (Å²) in [5.74, 6) is -0.0352. The van der Waals surface area contributed by atoms with Gasteiger partial charge in [-0.25, -0.2) is 4.79 Å². The van der Waals surface area contributed by atoms with E-state index in [1.165, 1.54) is 10.4 Å². The number of nitrogens with zero attached hydrogens (tertiary/aromatic N) is 2. The van der Waals surface area contributed by atoms with Crippen LogP contribution >= 0.6 is 11.3 Å². The molecule has 0 aliphatic carbocycles. The molecule has 0 spiro atoms. The molecule has 1 aromatic carbocycles. The van der Waals surface area contributed by atoms with Gasteiger partial charge in [-0.15, -0.1) is 11.3 Å². The molecule has 0 aliphatic rings. The van der Waals surface area contributed by atoms with Crippen LogP contribution in [0.1, 0.15) is 30.2 Å². The van der Waals surface area contributed by atoms with Gasteiger partial charge in [-0.05, 0) is 42.5 Å². The first-order chi connectivity index (χ1) is 12.1. The Morgan fingerprint density at radius 3 is 2.40 bits per heavy atom. The zero-order chi connectivity index (χ0) is 17.8. The van der Waals surface area contributed by atoms with E-state index in [0.717, 1.165) is 17.5 Å². The number of thiophene rings is 1. The highest BCUT2D eigenvalue weighted by Gasteiger charge is 2.13. The van der Waals surface area contributed by atoms with Crippen molar-refractivity contribution < 1.29 is 4.79 Å². The molecule has 0 unspecified atom stereocenters. The van der Waals surface area contributed by atoms with Crippen molar-refractivity contribution in [3.63, 3.8) is 0 Å². The zero-order valence-corrected chi connectivity index (χ0v) is 15.4. The molecule has 0 saturated heterocycles. The molecule has 0 saturated carbocycles. The van der Waals surface area contributed by atoms with Gasteiger partial charge in [0.15, 0.2) is 0 Å². The number of fused-ring (bicyclic) bond motifs is 1. The van der Waals surface area contributed by atoms with Crippen LogP contribution in [0.15, 0.2) is 40.5 Å². The summed E-state index contributed by atoms with van der Waals surface area (Å²) in [4.78, 5) is 26.0. The van der Waals surface area contributed by atoms with E-state index in [2.05, 4.69) is 12.2 Å². The summed E-state index contributed by atoms with van der Waals surface area (Å²) in [5, 5.41) is 4.97. The smallest absolute Gasteiger partial charge is 0.329 e. The number of carbonyl (C=O) groups is 1. The van der Waals surface area contributed by atoms with Crippen LogP contribution in [0.25, 0.3) is 11.0 Å². The second kappa shape index (κ2) is 7.70. The number of hydrogen-bond donors (Lipinski definition) is 1. The van der Waals surface area contributed by atoms with Crippen molar-refractivity contribution in [1.29, 1.82) is 0 Å². The molecule has 3 aromatic rings. The minimum Gasteiger partial charge on any atom is -0.351 e. The van der Waals surface area contributed by atoms with Crippen LogP contribution in [0.2, 0.25) is 0 Å². The Kier molecular flexibility index (Phi) is 5.38. The van der Waals surface area contributed by atoms with Crippen molar-refractivity contribution in [3.8, 4) is 0 Å². The third-order valence-corrected chi connectivity index (χ3v) is 5.37. The molecule has 132 valence electrons. The Morgan fingerprint density at radius 2 is 1.80 bits per heavy atom. The van der Waals surface area contributed by atoms with Gasteiger partial charge in [0.2, 0.25) is 5.91 Å². The molecule has 0 bridgehead atoms. The number of aromatic nitrogens is 2. The summed E-state index contributed by atoms with van der Waals surface area (Å²) in [6.45, 7) is 5.73. The Labute approximate surface area is 150 Å². The standard InChI is InChI=1S/C19H23N3O2S/c1-3-10-21-15-6-4-5-7-16(15)22(19(21)24)11-8-18(23)20-13-17-14(2)9-12-25-17/h4-7,9,12H,3,8,10-11,13H2,1-2H3,(H,20,23). The molecule has 2 heterocycles. The number of carbonyl (C=O) groups excluding carboxylic acids is 1. The van der Waals surface area contributed by atoms with Gasteiger partial charge in [-0.1, -0.05) is 19.1 Å². The highest BCUT2D eigenvalue weighted by atomic mass is 32.1. The first-order valence-electron chi connectivity index (χ1n) is 8.59. The Hall–Kier alpha value is -2.34. The number of hydrogen-bond acceptors (Lipinski definition) is 3. The first kappa shape index (κ1) is 17.5. The monoisotopic (exact) mass is 357 g/mol. The zero-order valence-electron chi connectivity index (χ0n) is 14.6. The van der Waals surface area contributed by atoms with Gasteiger partial charge in [-0.3, -0.25) is 13.9 Å². The summed E-state index contributed by atoms with van der Waals surface area (Å²) in [6, 6.07) is 9.81. The SMILES string of the molecule is CCCn1c(=O)n(CCC(=O)NCc2sccc2C)c2ccccc21. The Bertz CT molecular complexity index is 936. The van der Waals surface area contributed by atoms with Crippen molar-refractivity contribution in [1.82, 2.24) is 14.5 Å². The summed E-state index contributed by atoms with van der Waals surface area (Å²) >= 11 is 1.65. The number of nitrogens with one attached hydrogen (secondary N) is 1. The summed E-state index contributed by atoms with van der Waals surface area (Å²) in [6.07, 6.45) is 1.19. The number of benzene rings is 1. The lowest BCUT2D eigenvalue weighted by Crippen LogP contribution is -2.28. The van der Waals surface area contributed by atoms with E-state index >= 15 is 0 Å². The van der Waals surface area contributed by atoms with Crippen LogP contribution in [0.5, 0.6) is 0 Å². The van der Waals surface area contributed by atoms with E-state index in [1.54, 1.807) is 20.5 Å². The summed E-state index contributed by atoms with van der Waals surface area (Å²) in [5.41, 5.74) is 2.99. The van der Waals surface area contributed by atoms with E-state index in [4.69, 9.17) is 0 Å². The third kappa shape index (κ3) is 3.69. The maximum Gasteiger partial charge on any atom is 0.329 e. The lowest BCUT2D eigenvalue weighted by molar-refractivity contribution is -0.121. The second-order valence-electron chi connectivity index (χ2n) is 6.13. The molecule has 3 rings (SSSR count). The van der Waals surface area contributed by atoms with Gasteiger partial charge in [0.25, 0.3) is 0 Å². The lowest BCUT2D eigenvalue weighted by atomic mass is 10.3. The third-order valence-electron chi connectivity index (χ3n) is 4.35. The van der Waals surface area contributed by atoms with Gasteiger partial charge in [0.1, 0.15) is 0 Å². The topological polar surface area (TPSA) is 56.0 Å². The highest BCUT2D eigenvalue weighted by Crippen LogP contribution is 2.15. The largest absolute Gasteiger partial charge is 0.351 e. The van der Waals surface area contributed by atoms with E-state index in [1.807, 2.05) is 42.6 Å². The van der Waals surface area contributed by atoms with Gasteiger partial charge in [0.05, 0.1) is 17.6 Å². The van der Waals surface area contributed by atoms with Gasteiger partial charge >= 0.3 is 5.69 Å². The minimum absolute atomic E-state index is 0.0352. The number of aryl methyl sites for hydroxylation is 3. The quantitative estimate of drug-likeness (QED) is 0.705. The van der Waals surface area contributed by atoms with Crippen molar-refractivity contribution in [2.75, 3.05) is 0 Å². The molecule has 25 heavy (non-hydrogen) atoms. The van der Waals surface area contributed by atoms with Crippen molar-refractivity contribution >= 4 is 28.3 Å². The fourth-order valence-electron chi connectivity index (χ4n) is 2.99. The van der Waals surface area contributed by atoms with E-state index < -0.39 is 0 Å². The summed E-state index contributed by atoms with van der Waals surface area (Å²) < 4.78 is 3.50. The van der Waals surface area contributed by atoms with Crippen molar-refractivity contribution in [2.24, 2.45) is 0 Å².